The second-order valence-corrected chi connectivity index (χ2v) is 5.24. The van der Waals surface area contributed by atoms with Crippen LogP contribution in [0.15, 0.2) is 24.3 Å². The van der Waals surface area contributed by atoms with E-state index in [1.807, 2.05) is 26.0 Å². The molecular formula is C17H27NO. The van der Waals surface area contributed by atoms with Gasteiger partial charge in [-0.25, -0.2) is 0 Å². The molecule has 1 atom stereocenters. The summed E-state index contributed by atoms with van der Waals surface area (Å²) in [6.07, 6.45) is 2.67. The van der Waals surface area contributed by atoms with Crippen LogP contribution in [0.5, 0.6) is 0 Å². The summed E-state index contributed by atoms with van der Waals surface area (Å²) in [5, 5.41) is 0. The van der Waals surface area contributed by atoms with Crippen LogP contribution in [0.3, 0.4) is 0 Å². The molecule has 2 nitrogen and oxygen atoms in total. The van der Waals surface area contributed by atoms with Crippen LogP contribution >= 0.6 is 0 Å². The average molecular weight is 261 g/mol. The van der Waals surface area contributed by atoms with Crippen molar-refractivity contribution < 1.29 is 4.79 Å². The van der Waals surface area contributed by atoms with Crippen molar-refractivity contribution in [3.63, 3.8) is 0 Å². The number of hydrogen-bond acceptors (Lipinski definition) is 2. The Labute approximate surface area is 117 Å². The molecule has 1 aliphatic heterocycles. The quantitative estimate of drug-likeness (QED) is 0.762. The molecule has 0 aromatic heterocycles. The standard InChI is InChI=1S/C15H21NO.C2H6/c1-12-4-3-9-16(10-12)11-14-5-7-15(8-6-14)13(2)17;1-2/h5-8,12H,3-4,9-11H2,1-2H3;1-2H3. The van der Waals surface area contributed by atoms with E-state index >= 15 is 0 Å². The van der Waals surface area contributed by atoms with Gasteiger partial charge >= 0.3 is 0 Å². The average Bonchev–Trinajstić information content (AvgIpc) is 2.41. The molecule has 0 spiro atoms. The van der Waals surface area contributed by atoms with Gasteiger partial charge in [0.25, 0.3) is 0 Å². The first kappa shape index (κ1) is 15.9. The predicted molar refractivity (Wildman–Crippen MR) is 81.5 cm³/mol. The van der Waals surface area contributed by atoms with Crippen LogP contribution in [0.25, 0.3) is 0 Å². The van der Waals surface area contributed by atoms with Gasteiger partial charge in [-0.1, -0.05) is 45.0 Å². The van der Waals surface area contributed by atoms with E-state index < -0.39 is 0 Å². The molecule has 1 aromatic rings. The third-order valence-corrected chi connectivity index (χ3v) is 3.51. The Hall–Kier alpha value is -1.15. The van der Waals surface area contributed by atoms with Crippen molar-refractivity contribution in [1.29, 1.82) is 0 Å². The van der Waals surface area contributed by atoms with Gasteiger partial charge in [-0.2, -0.15) is 0 Å². The molecule has 1 saturated heterocycles. The Kier molecular flexibility index (Phi) is 6.79. The van der Waals surface area contributed by atoms with E-state index in [0.29, 0.717) is 0 Å². The summed E-state index contributed by atoms with van der Waals surface area (Å²) in [6, 6.07) is 8.03. The fourth-order valence-electron chi connectivity index (χ4n) is 2.53. The van der Waals surface area contributed by atoms with Crippen LogP contribution in [0.1, 0.15) is 56.5 Å². The van der Waals surface area contributed by atoms with Gasteiger partial charge in [0.1, 0.15) is 0 Å². The molecule has 1 unspecified atom stereocenters. The highest BCUT2D eigenvalue weighted by Gasteiger charge is 2.16. The largest absolute Gasteiger partial charge is 0.299 e. The zero-order chi connectivity index (χ0) is 14.3. The smallest absolute Gasteiger partial charge is 0.159 e. The van der Waals surface area contributed by atoms with E-state index in [-0.39, 0.29) is 5.78 Å². The number of rotatable bonds is 3. The van der Waals surface area contributed by atoms with Crippen molar-refractivity contribution >= 4 is 5.78 Å². The van der Waals surface area contributed by atoms with Gasteiger partial charge in [0.15, 0.2) is 5.78 Å². The minimum atomic E-state index is 0.142. The van der Waals surface area contributed by atoms with Crippen LogP contribution in [0.2, 0.25) is 0 Å². The van der Waals surface area contributed by atoms with Crippen LogP contribution < -0.4 is 0 Å². The van der Waals surface area contributed by atoms with Crippen LogP contribution in [-0.4, -0.2) is 23.8 Å². The summed E-state index contributed by atoms with van der Waals surface area (Å²) in [6.45, 7) is 11.4. The lowest BCUT2D eigenvalue weighted by atomic mass is 9.99. The molecule has 1 aromatic carbocycles. The highest BCUT2D eigenvalue weighted by molar-refractivity contribution is 5.93. The Bertz CT molecular complexity index is 383. The Morgan fingerprint density at radius 3 is 2.42 bits per heavy atom. The number of benzene rings is 1. The highest BCUT2D eigenvalue weighted by Crippen LogP contribution is 2.18. The van der Waals surface area contributed by atoms with Gasteiger partial charge in [0, 0.05) is 18.7 Å². The monoisotopic (exact) mass is 261 g/mol. The lowest BCUT2D eigenvalue weighted by Crippen LogP contribution is -2.33. The number of hydrogen-bond donors (Lipinski definition) is 0. The zero-order valence-corrected chi connectivity index (χ0v) is 12.8. The Morgan fingerprint density at radius 2 is 1.89 bits per heavy atom. The van der Waals surface area contributed by atoms with Crippen LogP contribution in [0, 0.1) is 5.92 Å². The molecule has 1 heterocycles. The van der Waals surface area contributed by atoms with Gasteiger partial charge in [-0.15, -0.1) is 0 Å². The van der Waals surface area contributed by atoms with Crippen molar-refractivity contribution in [2.75, 3.05) is 13.1 Å². The van der Waals surface area contributed by atoms with E-state index in [0.717, 1.165) is 18.0 Å². The fraction of sp³-hybridized carbons (Fsp3) is 0.588. The third kappa shape index (κ3) is 5.15. The molecule has 0 amide bonds. The maximum Gasteiger partial charge on any atom is 0.159 e. The molecule has 2 rings (SSSR count). The molecule has 1 aliphatic rings. The van der Waals surface area contributed by atoms with Crippen molar-refractivity contribution in [3.8, 4) is 0 Å². The topological polar surface area (TPSA) is 20.3 Å². The first-order chi connectivity index (χ1) is 9.15. The Balaban J connectivity index is 0.000000861. The van der Waals surface area contributed by atoms with E-state index in [1.54, 1.807) is 6.92 Å². The summed E-state index contributed by atoms with van der Waals surface area (Å²) in [4.78, 5) is 13.7. The van der Waals surface area contributed by atoms with E-state index in [9.17, 15) is 4.79 Å². The number of likely N-dealkylation sites (tertiary alicyclic amines) is 1. The second kappa shape index (κ2) is 8.11. The van der Waals surface area contributed by atoms with E-state index in [2.05, 4.69) is 24.0 Å². The van der Waals surface area contributed by atoms with Gasteiger partial charge in [0.2, 0.25) is 0 Å². The summed E-state index contributed by atoms with van der Waals surface area (Å²) in [7, 11) is 0. The molecule has 2 heteroatoms. The number of piperidine rings is 1. The number of ketones is 1. The number of nitrogens with zero attached hydrogens (tertiary/aromatic N) is 1. The van der Waals surface area contributed by atoms with Gasteiger partial charge in [-0.05, 0) is 37.8 Å². The third-order valence-electron chi connectivity index (χ3n) is 3.51. The zero-order valence-electron chi connectivity index (χ0n) is 12.8. The maximum absolute atomic E-state index is 11.2. The normalized spacial score (nSPS) is 19.5. The van der Waals surface area contributed by atoms with Crippen molar-refractivity contribution in [1.82, 2.24) is 4.90 Å². The fourth-order valence-corrected chi connectivity index (χ4v) is 2.53. The molecule has 1 fully saturated rings. The van der Waals surface area contributed by atoms with Crippen LogP contribution in [0.4, 0.5) is 0 Å². The van der Waals surface area contributed by atoms with Gasteiger partial charge in [-0.3, -0.25) is 9.69 Å². The molecule has 0 N–H and O–H groups in total. The maximum atomic E-state index is 11.2. The first-order valence-corrected chi connectivity index (χ1v) is 7.47. The molecular weight excluding hydrogens is 234 g/mol. The van der Waals surface area contributed by atoms with Gasteiger partial charge in [0.05, 0.1) is 0 Å². The Morgan fingerprint density at radius 1 is 1.26 bits per heavy atom. The molecule has 19 heavy (non-hydrogen) atoms. The summed E-state index contributed by atoms with van der Waals surface area (Å²) < 4.78 is 0. The van der Waals surface area contributed by atoms with Crippen LogP contribution in [-0.2, 0) is 6.54 Å². The molecule has 0 bridgehead atoms. The molecule has 0 radical (unpaired) electrons. The van der Waals surface area contributed by atoms with Crippen molar-refractivity contribution in [2.45, 2.75) is 47.1 Å². The summed E-state index contributed by atoms with van der Waals surface area (Å²) in [5.41, 5.74) is 2.12. The molecule has 0 aliphatic carbocycles. The highest BCUT2D eigenvalue weighted by atomic mass is 16.1. The molecule has 0 saturated carbocycles. The summed E-state index contributed by atoms with van der Waals surface area (Å²) >= 11 is 0. The number of Topliss-reactive ketones (excluding diaryl/α,β-unsaturated/α-hetero) is 1. The number of carbonyl (C=O) groups excluding carboxylic acids is 1. The van der Waals surface area contributed by atoms with E-state index in [4.69, 9.17) is 0 Å². The predicted octanol–water partition coefficient (Wildman–Crippen LogP) is 4.15. The summed E-state index contributed by atoms with van der Waals surface area (Å²) in [5.74, 6) is 0.961. The SMILES string of the molecule is CC.CC(=O)c1ccc(CN2CCCC(C)C2)cc1. The minimum absolute atomic E-state index is 0.142. The molecule has 106 valence electrons. The van der Waals surface area contributed by atoms with E-state index in [1.165, 1.54) is 31.5 Å². The minimum Gasteiger partial charge on any atom is -0.299 e. The number of carbonyl (C=O) groups is 1. The van der Waals surface area contributed by atoms with Crippen molar-refractivity contribution in [3.05, 3.63) is 35.4 Å². The lowest BCUT2D eigenvalue weighted by Gasteiger charge is -2.30. The second-order valence-electron chi connectivity index (χ2n) is 5.24. The van der Waals surface area contributed by atoms with Crippen molar-refractivity contribution in [2.24, 2.45) is 5.92 Å². The van der Waals surface area contributed by atoms with Gasteiger partial charge < -0.3 is 0 Å². The first-order valence-electron chi connectivity index (χ1n) is 7.47. The lowest BCUT2D eigenvalue weighted by molar-refractivity contribution is 0.101.